The first-order valence-electron chi connectivity index (χ1n) is 9.60. The number of carbonyl (C=O) groups is 1. The number of carbonyl (C=O) groups excluding carboxylic acids is 1. The lowest BCUT2D eigenvalue weighted by molar-refractivity contribution is 0.1000. The van der Waals surface area contributed by atoms with Gasteiger partial charge in [-0.3, -0.25) is 14.7 Å². The third kappa shape index (κ3) is 4.43. The molecule has 5 nitrogen and oxygen atoms in total. The Morgan fingerprint density at radius 3 is 2.72 bits per heavy atom. The van der Waals surface area contributed by atoms with Crippen molar-refractivity contribution in [1.29, 1.82) is 0 Å². The molecule has 6 heteroatoms. The second kappa shape index (κ2) is 8.41. The molecule has 2 aromatic carbocycles. The van der Waals surface area contributed by atoms with Gasteiger partial charge in [0.1, 0.15) is 5.75 Å². The summed E-state index contributed by atoms with van der Waals surface area (Å²) in [6.45, 7) is 1.89. The van der Waals surface area contributed by atoms with Crippen molar-refractivity contribution in [3.63, 3.8) is 0 Å². The van der Waals surface area contributed by atoms with Gasteiger partial charge in [-0.2, -0.15) is 0 Å². The number of primary amides is 1. The summed E-state index contributed by atoms with van der Waals surface area (Å²) in [5, 5.41) is 0. The van der Waals surface area contributed by atoms with Crippen LogP contribution in [0.1, 0.15) is 40.4 Å². The van der Waals surface area contributed by atoms with Crippen molar-refractivity contribution >= 4 is 5.91 Å². The summed E-state index contributed by atoms with van der Waals surface area (Å²) in [6, 6.07) is 16.1. The normalized spacial score (nSPS) is 16.7. The fraction of sp³-hybridized carbons (Fsp3) is 0.217. The molecule has 0 saturated carbocycles. The van der Waals surface area contributed by atoms with Gasteiger partial charge in [-0.05, 0) is 66.9 Å². The molecule has 2 heterocycles. The van der Waals surface area contributed by atoms with Crippen molar-refractivity contribution in [2.45, 2.75) is 25.4 Å². The van der Waals surface area contributed by atoms with Crippen molar-refractivity contribution < 1.29 is 13.9 Å². The van der Waals surface area contributed by atoms with Crippen LogP contribution in [0.2, 0.25) is 0 Å². The molecule has 29 heavy (non-hydrogen) atoms. The van der Waals surface area contributed by atoms with Gasteiger partial charge in [0, 0.05) is 30.5 Å². The average Bonchev–Trinajstić information content (AvgIpc) is 3.19. The average molecular weight is 390 g/mol. The van der Waals surface area contributed by atoms with Crippen molar-refractivity contribution in [3.05, 3.63) is 89.5 Å². The highest BCUT2D eigenvalue weighted by molar-refractivity contribution is 5.92. The van der Waals surface area contributed by atoms with Crippen molar-refractivity contribution in [2.24, 2.45) is 5.73 Å². The Bertz CT molecular complexity index is 993. The van der Waals surface area contributed by atoms with Crippen LogP contribution in [-0.4, -0.2) is 22.3 Å². The molecule has 1 saturated heterocycles. The summed E-state index contributed by atoms with van der Waals surface area (Å²) in [5.41, 5.74) is 7.69. The molecule has 1 aliphatic rings. The number of rotatable bonds is 6. The molecular formula is C23H22FN3O2. The van der Waals surface area contributed by atoms with Crippen LogP contribution in [0.3, 0.4) is 0 Å². The zero-order valence-corrected chi connectivity index (χ0v) is 15.9. The summed E-state index contributed by atoms with van der Waals surface area (Å²) in [7, 11) is 0. The molecule has 0 unspecified atom stereocenters. The lowest BCUT2D eigenvalue weighted by Crippen LogP contribution is -2.22. The molecule has 148 valence electrons. The van der Waals surface area contributed by atoms with Gasteiger partial charge in [0.25, 0.3) is 0 Å². The Labute approximate surface area is 168 Å². The van der Waals surface area contributed by atoms with Crippen LogP contribution in [0.5, 0.6) is 11.5 Å². The highest BCUT2D eigenvalue weighted by Gasteiger charge is 2.26. The summed E-state index contributed by atoms with van der Waals surface area (Å²) in [6.07, 6.45) is 6.04. The predicted octanol–water partition coefficient (Wildman–Crippen LogP) is 4.45. The number of likely N-dealkylation sites (tertiary alicyclic amines) is 1. The van der Waals surface area contributed by atoms with E-state index in [1.54, 1.807) is 6.20 Å². The first kappa shape index (κ1) is 19.1. The quantitative estimate of drug-likeness (QED) is 0.675. The molecule has 1 amide bonds. The van der Waals surface area contributed by atoms with Gasteiger partial charge in [-0.1, -0.05) is 18.2 Å². The third-order valence-corrected chi connectivity index (χ3v) is 5.19. The van der Waals surface area contributed by atoms with E-state index >= 15 is 0 Å². The second-order valence-corrected chi connectivity index (χ2v) is 7.17. The summed E-state index contributed by atoms with van der Waals surface area (Å²) >= 11 is 0. The number of pyridine rings is 1. The largest absolute Gasteiger partial charge is 0.454 e. The maximum atomic E-state index is 14.1. The minimum atomic E-state index is -0.675. The van der Waals surface area contributed by atoms with E-state index in [1.165, 1.54) is 24.1 Å². The van der Waals surface area contributed by atoms with E-state index in [0.29, 0.717) is 11.8 Å². The van der Waals surface area contributed by atoms with Crippen LogP contribution in [-0.2, 0) is 6.54 Å². The number of halogens is 1. The van der Waals surface area contributed by atoms with Crippen LogP contribution in [0.4, 0.5) is 4.39 Å². The Morgan fingerprint density at radius 1 is 1.21 bits per heavy atom. The van der Waals surface area contributed by atoms with Gasteiger partial charge in [0.05, 0.1) is 0 Å². The van der Waals surface area contributed by atoms with Gasteiger partial charge in [-0.15, -0.1) is 0 Å². The van der Waals surface area contributed by atoms with E-state index in [9.17, 15) is 9.18 Å². The van der Waals surface area contributed by atoms with E-state index < -0.39 is 11.7 Å². The second-order valence-electron chi connectivity index (χ2n) is 7.17. The Kier molecular flexibility index (Phi) is 5.53. The van der Waals surface area contributed by atoms with E-state index in [4.69, 9.17) is 10.5 Å². The molecule has 1 aromatic heterocycles. The van der Waals surface area contributed by atoms with E-state index in [0.717, 1.165) is 31.1 Å². The first-order valence-corrected chi connectivity index (χ1v) is 9.60. The molecule has 0 bridgehead atoms. The maximum Gasteiger partial charge on any atom is 0.248 e. The number of aromatic nitrogens is 1. The fourth-order valence-electron chi connectivity index (χ4n) is 3.73. The molecule has 1 aliphatic heterocycles. The standard InChI is InChI=1S/C23H22FN3O2/c24-20-13-17(23(25)28)7-10-22(20)29-19-8-5-16(6-9-19)15-27-12-2-4-21(27)18-3-1-11-26-14-18/h1,3,5-11,13-14,21H,2,4,12,15H2,(H2,25,28)/t21-/m0/s1/i23-1. The summed E-state index contributed by atoms with van der Waals surface area (Å²) in [4.78, 5) is 17.8. The number of hydrogen-bond acceptors (Lipinski definition) is 4. The molecule has 1 fully saturated rings. The van der Waals surface area contributed by atoms with Crippen LogP contribution < -0.4 is 10.5 Å². The van der Waals surface area contributed by atoms with Crippen LogP contribution in [0.25, 0.3) is 0 Å². The number of amides is 1. The molecule has 0 radical (unpaired) electrons. The molecule has 4 rings (SSSR count). The highest BCUT2D eigenvalue weighted by Crippen LogP contribution is 2.33. The summed E-state index contributed by atoms with van der Waals surface area (Å²) in [5.74, 6) is -0.711. The molecule has 3 aromatic rings. The predicted molar refractivity (Wildman–Crippen MR) is 108 cm³/mol. The van der Waals surface area contributed by atoms with Crippen molar-refractivity contribution in [2.75, 3.05) is 6.54 Å². The molecule has 1 atom stereocenters. The SMILES string of the molecule is N[11C](=O)c1ccc(Oc2ccc(CN3CCC[C@H]3c3cccnc3)cc2)c(F)c1. The fourth-order valence-corrected chi connectivity index (χ4v) is 3.73. The van der Waals surface area contributed by atoms with Crippen LogP contribution >= 0.6 is 0 Å². The maximum absolute atomic E-state index is 14.1. The summed E-state index contributed by atoms with van der Waals surface area (Å²) < 4.78 is 19.7. The monoisotopic (exact) mass is 390 g/mol. The van der Waals surface area contributed by atoms with Crippen molar-refractivity contribution in [1.82, 2.24) is 9.88 Å². The molecular weight excluding hydrogens is 368 g/mol. The molecule has 2 N–H and O–H groups in total. The van der Waals surface area contributed by atoms with E-state index in [2.05, 4.69) is 16.0 Å². The molecule has 0 aliphatic carbocycles. The number of hydrogen-bond donors (Lipinski definition) is 1. The van der Waals surface area contributed by atoms with Gasteiger partial charge < -0.3 is 10.5 Å². The Hall–Kier alpha value is -3.25. The minimum absolute atomic E-state index is 0.0546. The zero-order valence-electron chi connectivity index (χ0n) is 15.9. The van der Waals surface area contributed by atoms with Gasteiger partial charge in [-0.25, -0.2) is 4.39 Å². The molecule has 0 spiro atoms. The first-order chi connectivity index (χ1) is 14.1. The lowest BCUT2D eigenvalue weighted by atomic mass is 9.91. The van der Waals surface area contributed by atoms with E-state index in [-0.39, 0.29) is 11.3 Å². The zero-order chi connectivity index (χ0) is 20.2. The minimum Gasteiger partial charge on any atom is -0.454 e. The van der Waals surface area contributed by atoms with Gasteiger partial charge in [0.15, 0.2) is 11.6 Å². The smallest absolute Gasteiger partial charge is 0.248 e. The van der Waals surface area contributed by atoms with Crippen molar-refractivity contribution in [3.8, 4) is 11.5 Å². The number of nitrogens with zero attached hydrogens (tertiary/aromatic N) is 2. The Balaban J connectivity index is 1.42. The number of ether oxygens (including phenoxy) is 1. The Morgan fingerprint density at radius 2 is 2.03 bits per heavy atom. The van der Waals surface area contributed by atoms with Gasteiger partial charge in [0.2, 0.25) is 5.91 Å². The topological polar surface area (TPSA) is 68.5 Å². The highest BCUT2D eigenvalue weighted by atomic mass is 19.1. The third-order valence-electron chi connectivity index (χ3n) is 5.19. The number of benzene rings is 2. The van der Waals surface area contributed by atoms with Gasteiger partial charge >= 0.3 is 0 Å². The number of nitrogens with two attached hydrogens (primary N) is 1. The van der Waals surface area contributed by atoms with Crippen LogP contribution in [0, 0.1) is 5.82 Å². The lowest BCUT2D eigenvalue weighted by Gasteiger charge is -2.24. The van der Waals surface area contributed by atoms with Crippen LogP contribution in [0.15, 0.2) is 67.0 Å². The van der Waals surface area contributed by atoms with E-state index in [1.807, 2.05) is 36.5 Å².